The first kappa shape index (κ1) is 14.0. The van der Waals surface area contributed by atoms with Crippen LogP contribution in [0.1, 0.15) is 5.56 Å². The molecule has 0 atom stereocenters. The molecule has 23 heavy (non-hydrogen) atoms. The van der Waals surface area contributed by atoms with E-state index in [1.54, 1.807) is 30.3 Å². The summed E-state index contributed by atoms with van der Waals surface area (Å²) < 4.78 is 27.2. The minimum Gasteiger partial charge on any atom is -0.236 e. The molecule has 4 aromatic rings. The number of aryl methyl sites for hydroxylation is 1. The van der Waals surface area contributed by atoms with Gasteiger partial charge in [0, 0.05) is 0 Å². The molecule has 4 rings (SSSR count). The molecule has 114 valence electrons. The fourth-order valence-electron chi connectivity index (χ4n) is 2.75. The van der Waals surface area contributed by atoms with E-state index < -0.39 is 10.0 Å². The zero-order valence-corrected chi connectivity index (χ0v) is 13.3. The minimum absolute atomic E-state index is 0.263. The Morgan fingerprint density at radius 3 is 2.57 bits per heavy atom. The van der Waals surface area contributed by atoms with Crippen LogP contribution in [0, 0.1) is 6.92 Å². The SMILES string of the molecule is Cc1ccc2ccc(S(=O)(=O)n3cnc4ccccc43)cc2c1. The van der Waals surface area contributed by atoms with E-state index in [1.807, 2.05) is 37.3 Å². The summed E-state index contributed by atoms with van der Waals surface area (Å²) >= 11 is 0. The lowest BCUT2D eigenvalue weighted by Gasteiger charge is -2.08. The van der Waals surface area contributed by atoms with Gasteiger partial charge in [0.15, 0.2) is 0 Å². The van der Waals surface area contributed by atoms with Crippen molar-refractivity contribution in [2.45, 2.75) is 11.8 Å². The predicted octanol–water partition coefficient (Wildman–Crippen LogP) is 3.73. The second kappa shape index (κ2) is 4.93. The molecule has 0 aliphatic rings. The van der Waals surface area contributed by atoms with Crippen LogP contribution in [0.15, 0.2) is 71.9 Å². The zero-order valence-electron chi connectivity index (χ0n) is 12.5. The van der Waals surface area contributed by atoms with Gasteiger partial charge in [0.2, 0.25) is 0 Å². The second-order valence-electron chi connectivity index (χ2n) is 5.55. The molecule has 0 radical (unpaired) electrons. The highest BCUT2D eigenvalue weighted by Gasteiger charge is 2.19. The molecule has 0 saturated carbocycles. The van der Waals surface area contributed by atoms with Crippen molar-refractivity contribution in [1.82, 2.24) is 8.96 Å². The molecular weight excluding hydrogens is 308 g/mol. The van der Waals surface area contributed by atoms with Gasteiger partial charge in [-0.15, -0.1) is 0 Å². The maximum Gasteiger partial charge on any atom is 0.269 e. The van der Waals surface area contributed by atoms with Crippen LogP contribution >= 0.6 is 0 Å². The lowest BCUT2D eigenvalue weighted by Crippen LogP contribution is -2.11. The highest BCUT2D eigenvalue weighted by molar-refractivity contribution is 7.90. The van der Waals surface area contributed by atoms with Gasteiger partial charge in [0.1, 0.15) is 6.33 Å². The summed E-state index contributed by atoms with van der Waals surface area (Å²) in [7, 11) is -3.67. The molecule has 0 N–H and O–H groups in total. The Labute approximate surface area is 134 Å². The molecule has 5 heteroatoms. The molecule has 0 fully saturated rings. The Bertz CT molecular complexity index is 1140. The van der Waals surface area contributed by atoms with E-state index in [2.05, 4.69) is 4.98 Å². The highest BCUT2D eigenvalue weighted by Crippen LogP contribution is 2.24. The summed E-state index contributed by atoms with van der Waals surface area (Å²) in [5.41, 5.74) is 2.34. The number of aromatic nitrogens is 2. The van der Waals surface area contributed by atoms with Crippen molar-refractivity contribution in [2.24, 2.45) is 0 Å². The van der Waals surface area contributed by atoms with E-state index in [0.717, 1.165) is 16.3 Å². The van der Waals surface area contributed by atoms with E-state index in [9.17, 15) is 8.42 Å². The number of hydrogen-bond acceptors (Lipinski definition) is 3. The van der Waals surface area contributed by atoms with Crippen molar-refractivity contribution in [3.63, 3.8) is 0 Å². The van der Waals surface area contributed by atoms with Gasteiger partial charge in [-0.3, -0.25) is 0 Å². The van der Waals surface area contributed by atoms with Crippen molar-refractivity contribution in [3.8, 4) is 0 Å². The quantitative estimate of drug-likeness (QED) is 0.565. The number of para-hydroxylation sites is 2. The largest absolute Gasteiger partial charge is 0.269 e. The van der Waals surface area contributed by atoms with Gasteiger partial charge in [0.25, 0.3) is 10.0 Å². The molecule has 0 amide bonds. The summed E-state index contributed by atoms with van der Waals surface area (Å²) in [4.78, 5) is 4.43. The lowest BCUT2D eigenvalue weighted by atomic mass is 10.1. The van der Waals surface area contributed by atoms with Crippen LogP contribution in [0.4, 0.5) is 0 Å². The molecule has 0 unspecified atom stereocenters. The van der Waals surface area contributed by atoms with E-state index in [-0.39, 0.29) is 4.90 Å². The topological polar surface area (TPSA) is 52.0 Å². The van der Waals surface area contributed by atoms with Crippen LogP contribution in [-0.4, -0.2) is 17.4 Å². The summed E-state index contributed by atoms with van der Waals surface area (Å²) in [5, 5.41) is 1.93. The van der Waals surface area contributed by atoms with Gasteiger partial charge >= 0.3 is 0 Å². The first-order chi connectivity index (χ1) is 11.1. The Balaban J connectivity index is 1.95. The normalized spacial score (nSPS) is 12.0. The average Bonchev–Trinajstić information content (AvgIpc) is 2.99. The van der Waals surface area contributed by atoms with Gasteiger partial charge in [-0.05, 0) is 42.0 Å². The molecule has 1 aromatic heterocycles. The van der Waals surface area contributed by atoms with E-state index in [0.29, 0.717) is 11.0 Å². The summed E-state index contributed by atoms with van der Waals surface area (Å²) in [6.07, 6.45) is 1.36. The van der Waals surface area contributed by atoms with Crippen LogP contribution < -0.4 is 0 Å². The lowest BCUT2D eigenvalue weighted by molar-refractivity contribution is 0.589. The third kappa shape index (κ3) is 2.21. The number of hydrogen-bond donors (Lipinski definition) is 0. The molecule has 3 aromatic carbocycles. The average molecular weight is 322 g/mol. The van der Waals surface area contributed by atoms with Crippen LogP contribution in [-0.2, 0) is 10.0 Å². The van der Waals surface area contributed by atoms with Crippen LogP contribution in [0.25, 0.3) is 21.8 Å². The second-order valence-corrected chi connectivity index (χ2v) is 7.36. The Morgan fingerprint density at radius 2 is 1.70 bits per heavy atom. The number of fused-ring (bicyclic) bond motifs is 2. The van der Waals surface area contributed by atoms with Crippen molar-refractivity contribution < 1.29 is 8.42 Å². The van der Waals surface area contributed by atoms with Crippen LogP contribution in [0.2, 0.25) is 0 Å². The smallest absolute Gasteiger partial charge is 0.236 e. The van der Waals surface area contributed by atoms with Gasteiger partial charge < -0.3 is 0 Å². The van der Waals surface area contributed by atoms with E-state index >= 15 is 0 Å². The monoisotopic (exact) mass is 322 g/mol. The van der Waals surface area contributed by atoms with Crippen molar-refractivity contribution in [2.75, 3.05) is 0 Å². The van der Waals surface area contributed by atoms with E-state index in [1.165, 1.54) is 10.3 Å². The summed E-state index contributed by atoms with van der Waals surface area (Å²) in [6.45, 7) is 1.99. The molecule has 1 heterocycles. The zero-order chi connectivity index (χ0) is 16.0. The highest BCUT2D eigenvalue weighted by atomic mass is 32.2. The van der Waals surface area contributed by atoms with Crippen molar-refractivity contribution in [3.05, 3.63) is 72.6 Å². The Kier molecular flexibility index (Phi) is 2.99. The Morgan fingerprint density at radius 1 is 0.913 bits per heavy atom. The van der Waals surface area contributed by atoms with Crippen molar-refractivity contribution >= 4 is 31.8 Å². The minimum atomic E-state index is -3.67. The first-order valence-corrected chi connectivity index (χ1v) is 8.68. The standard InChI is InChI=1S/C18H14N2O2S/c1-13-6-7-14-8-9-16(11-15(14)10-13)23(21,22)20-12-19-17-4-2-3-5-18(17)20/h2-12H,1H3. The maximum absolute atomic E-state index is 13.0. The molecule has 0 saturated heterocycles. The van der Waals surface area contributed by atoms with Gasteiger partial charge in [-0.25, -0.2) is 17.4 Å². The van der Waals surface area contributed by atoms with Gasteiger partial charge in [-0.2, -0.15) is 0 Å². The van der Waals surface area contributed by atoms with Gasteiger partial charge in [-0.1, -0.05) is 42.0 Å². The summed E-state index contributed by atoms with van der Waals surface area (Å²) in [6, 6.07) is 18.4. The third-order valence-corrected chi connectivity index (χ3v) is 5.60. The third-order valence-electron chi connectivity index (χ3n) is 3.94. The van der Waals surface area contributed by atoms with Crippen molar-refractivity contribution in [1.29, 1.82) is 0 Å². The van der Waals surface area contributed by atoms with Crippen LogP contribution in [0.3, 0.4) is 0 Å². The molecule has 0 bridgehead atoms. The number of nitrogens with zero attached hydrogens (tertiary/aromatic N) is 2. The fourth-order valence-corrected chi connectivity index (χ4v) is 4.07. The first-order valence-electron chi connectivity index (χ1n) is 7.24. The number of imidazole rings is 1. The van der Waals surface area contributed by atoms with Gasteiger partial charge in [0.05, 0.1) is 15.9 Å². The molecule has 4 nitrogen and oxygen atoms in total. The summed E-state index contributed by atoms with van der Waals surface area (Å²) in [5.74, 6) is 0. The van der Waals surface area contributed by atoms with Crippen LogP contribution in [0.5, 0.6) is 0 Å². The number of benzene rings is 3. The molecular formula is C18H14N2O2S. The Hall–Kier alpha value is -2.66. The molecule has 0 aliphatic carbocycles. The molecule has 0 aliphatic heterocycles. The predicted molar refractivity (Wildman–Crippen MR) is 91.0 cm³/mol. The molecule has 0 spiro atoms. The van der Waals surface area contributed by atoms with E-state index in [4.69, 9.17) is 0 Å². The maximum atomic E-state index is 13.0. The fraction of sp³-hybridized carbons (Fsp3) is 0.0556. The number of rotatable bonds is 2.